The van der Waals surface area contributed by atoms with E-state index in [-0.39, 0.29) is 16.3 Å². The van der Waals surface area contributed by atoms with Gasteiger partial charge in [0.2, 0.25) is 0 Å². The number of hydrogen-bond acceptors (Lipinski definition) is 5. The second kappa shape index (κ2) is 8.17. The number of carbonyl (C=O) groups is 2. The summed E-state index contributed by atoms with van der Waals surface area (Å²) in [5.74, 6) is -1.49. The molecule has 2 rings (SSSR count). The van der Waals surface area contributed by atoms with E-state index in [1.165, 1.54) is 24.3 Å². The van der Waals surface area contributed by atoms with Crippen LogP contribution in [0.1, 0.15) is 40.4 Å². The Hall–Kier alpha value is -2.62. The maximum atomic E-state index is 12.7. The lowest BCUT2D eigenvalue weighted by Gasteiger charge is -2.15. The fourth-order valence-electron chi connectivity index (χ4n) is 2.03. The average molecular weight is 388 g/mol. The third kappa shape index (κ3) is 5.19. The SMILES string of the molecule is CCC(NC(=O)c1cccc(OCC(=O)O)c1)c1nc(C(F)(F)F)cs1. The number of ether oxygens (including phenoxy) is 1. The Morgan fingerprint density at radius 2 is 2.12 bits per heavy atom. The molecule has 0 saturated heterocycles. The molecule has 2 N–H and O–H groups in total. The summed E-state index contributed by atoms with van der Waals surface area (Å²) in [5.41, 5.74) is -0.798. The van der Waals surface area contributed by atoms with Crippen molar-refractivity contribution >= 4 is 23.2 Å². The second-order valence-electron chi connectivity index (χ2n) is 5.21. The van der Waals surface area contributed by atoms with Crippen molar-refractivity contribution in [2.24, 2.45) is 0 Å². The molecule has 1 atom stereocenters. The van der Waals surface area contributed by atoms with E-state index in [4.69, 9.17) is 9.84 Å². The highest BCUT2D eigenvalue weighted by atomic mass is 32.1. The molecule has 10 heteroatoms. The largest absolute Gasteiger partial charge is 0.482 e. The van der Waals surface area contributed by atoms with Crippen molar-refractivity contribution in [2.75, 3.05) is 6.61 Å². The van der Waals surface area contributed by atoms with Crippen molar-refractivity contribution in [3.05, 3.63) is 45.9 Å². The Bertz CT molecular complexity index is 792. The number of nitrogens with one attached hydrogen (secondary N) is 1. The van der Waals surface area contributed by atoms with Gasteiger partial charge in [0.15, 0.2) is 12.3 Å². The lowest BCUT2D eigenvalue weighted by Crippen LogP contribution is -2.28. The second-order valence-corrected chi connectivity index (χ2v) is 6.10. The molecule has 1 unspecified atom stereocenters. The van der Waals surface area contributed by atoms with Crippen molar-refractivity contribution in [3.63, 3.8) is 0 Å². The van der Waals surface area contributed by atoms with Gasteiger partial charge in [-0.15, -0.1) is 11.3 Å². The highest BCUT2D eigenvalue weighted by Gasteiger charge is 2.34. The molecule has 0 aliphatic rings. The van der Waals surface area contributed by atoms with Gasteiger partial charge in [-0.25, -0.2) is 9.78 Å². The molecular weight excluding hydrogens is 373 g/mol. The molecule has 0 fully saturated rings. The summed E-state index contributed by atoms with van der Waals surface area (Å²) in [5, 5.41) is 12.3. The first kappa shape index (κ1) is 19.7. The first-order chi connectivity index (χ1) is 12.2. The molecule has 1 heterocycles. The monoisotopic (exact) mass is 388 g/mol. The summed E-state index contributed by atoms with van der Waals surface area (Å²) >= 11 is 0.825. The van der Waals surface area contributed by atoms with Gasteiger partial charge in [0.25, 0.3) is 5.91 Å². The van der Waals surface area contributed by atoms with Gasteiger partial charge in [-0.1, -0.05) is 13.0 Å². The van der Waals surface area contributed by atoms with Crippen molar-refractivity contribution in [1.82, 2.24) is 10.3 Å². The normalized spacial score (nSPS) is 12.5. The summed E-state index contributed by atoms with van der Waals surface area (Å²) in [6.07, 6.45) is -4.18. The molecular formula is C16H15F3N2O4S. The van der Waals surface area contributed by atoms with E-state index in [0.29, 0.717) is 6.42 Å². The van der Waals surface area contributed by atoms with Gasteiger partial charge in [-0.3, -0.25) is 4.79 Å². The van der Waals surface area contributed by atoms with Gasteiger partial charge in [0.05, 0.1) is 6.04 Å². The molecule has 1 aromatic carbocycles. The number of aliphatic carboxylic acids is 1. The molecule has 0 bridgehead atoms. The van der Waals surface area contributed by atoms with Crippen LogP contribution in [0.2, 0.25) is 0 Å². The minimum atomic E-state index is -4.53. The number of aromatic nitrogens is 1. The number of benzene rings is 1. The summed E-state index contributed by atoms with van der Waals surface area (Å²) < 4.78 is 43.0. The van der Waals surface area contributed by atoms with Crippen molar-refractivity contribution in [3.8, 4) is 5.75 Å². The third-order valence-electron chi connectivity index (χ3n) is 3.28. The maximum Gasteiger partial charge on any atom is 0.434 e. The quantitative estimate of drug-likeness (QED) is 0.758. The number of halogens is 3. The predicted octanol–water partition coefficient (Wildman–Crippen LogP) is 3.51. The minimum absolute atomic E-state index is 0.159. The Labute approximate surface area is 150 Å². The molecule has 0 aliphatic carbocycles. The lowest BCUT2D eigenvalue weighted by molar-refractivity contribution is -0.141. The van der Waals surface area contributed by atoms with Gasteiger partial charge < -0.3 is 15.2 Å². The highest BCUT2D eigenvalue weighted by Crippen LogP contribution is 2.32. The number of carboxylic acids is 1. The summed E-state index contributed by atoms with van der Waals surface area (Å²) in [6, 6.07) is 5.17. The Morgan fingerprint density at radius 1 is 1.38 bits per heavy atom. The fraction of sp³-hybridized carbons (Fsp3) is 0.312. The predicted molar refractivity (Wildman–Crippen MR) is 87.2 cm³/mol. The maximum absolute atomic E-state index is 12.7. The van der Waals surface area contributed by atoms with Crippen molar-refractivity contribution < 1.29 is 32.6 Å². The standard InChI is InChI=1S/C16H15F3N2O4S/c1-2-11(15-21-12(8-26-15)16(17,18)19)20-14(24)9-4-3-5-10(6-9)25-7-13(22)23/h3-6,8,11H,2,7H2,1H3,(H,20,24)(H,22,23). The van der Waals surface area contributed by atoms with E-state index >= 15 is 0 Å². The molecule has 1 amide bonds. The van der Waals surface area contributed by atoms with Gasteiger partial charge >= 0.3 is 12.1 Å². The summed E-state index contributed by atoms with van der Waals surface area (Å²) in [6.45, 7) is 1.16. The van der Waals surface area contributed by atoms with E-state index < -0.39 is 36.4 Å². The zero-order chi connectivity index (χ0) is 19.3. The van der Waals surface area contributed by atoms with Crippen LogP contribution in [0.15, 0.2) is 29.6 Å². The number of rotatable bonds is 7. The average Bonchev–Trinajstić information content (AvgIpc) is 3.08. The van der Waals surface area contributed by atoms with Crippen LogP contribution in [0, 0.1) is 0 Å². The molecule has 6 nitrogen and oxygen atoms in total. The summed E-state index contributed by atoms with van der Waals surface area (Å²) in [4.78, 5) is 26.4. The molecule has 1 aromatic heterocycles. The van der Waals surface area contributed by atoms with Crippen LogP contribution in [0.25, 0.3) is 0 Å². The van der Waals surface area contributed by atoms with E-state index in [1.54, 1.807) is 6.92 Å². The molecule has 0 aliphatic heterocycles. The molecule has 0 radical (unpaired) electrons. The highest BCUT2D eigenvalue weighted by molar-refractivity contribution is 7.09. The number of amides is 1. The molecule has 2 aromatic rings. The first-order valence-corrected chi connectivity index (χ1v) is 8.36. The minimum Gasteiger partial charge on any atom is -0.482 e. The van der Waals surface area contributed by atoms with Crippen LogP contribution in [0.5, 0.6) is 5.75 Å². The van der Waals surface area contributed by atoms with Gasteiger partial charge in [0.1, 0.15) is 10.8 Å². The van der Waals surface area contributed by atoms with Crippen LogP contribution >= 0.6 is 11.3 Å². The van der Waals surface area contributed by atoms with Crippen LogP contribution in [-0.2, 0) is 11.0 Å². The van der Waals surface area contributed by atoms with E-state index in [1.807, 2.05) is 0 Å². The van der Waals surface area contributed by atoms with Crippen molar-refractivity contribution in [1.29, 1.82) is 0 Å². The number of thiazole rings is 1. The number of carboxylic acid groups (broad SMARTS) is 1. The Balaban J connectivity index is 2.10. The van der Waals surface area contributed by atoms with Crippen LogP contribution in [0.3, 0.4) is 0 Å². The zero-order valence-corrected chi connectivity index (χ0v) is 14.4. The Morgan fingerprint density at radius 3 is 2.69 bits per heavy atom. The lowest BCUT2D eigenvalue weighted by atomic mass is 10.1. The van der Waals surface area contributed by atoms with Crippen molar-refractivity contribution in [2.45, 2.75) is 25.6 Å². The molecule has 140 valence electrons. The smallest absolute Gasteiger partial charge is 0.434 e. The fourth-order valence-corrected chi connectivity index (χ4v) is 2.99. The Kier molecular flexibility index (Phi) is 6.19. The number of nitrogens with zero attached hydrogens (tertiary/aromatic N) is 1. The third-order valence-corrected chi connectivity index (χ3v) is 4.24. The zero-order valence-electron chi connectivity index (χ0n) is 13.5. The first-order valence-electron chi connectivity index (χ1n) is 7.48. The molecule has 0 saturated carbocycles. The molecule has 26 heavy (non-hydrogen) atoms. The van der Waals surface area contributed by atoms with Gasteiger partial charge in [0, 0.05) is 10.9 Å². The number of carbonyl (C=O) groups excluding carboxylic acids is 1. The van der Waals surface area contributed by atoms with Gasteiger partial charge in [-0.05, 0) is 24.6 Å². The van der Waals surface area contributed by atoms with E-state index in [9.17, 15) is 22.8 Å². The topological polar surface area (TPSA) is 88.5 Å². The molecule has 0 spiro atoms. The van der Waals surface area contributed by atoms with Crippen LogP contribution in [-0.4, -0.2) is 28.6 Å². The van der Waals surface area contributed by atoms with Crippen LogP contribution in [0.4, 0.5) is 13.2 Å². The van der Waals surface area contributed by atoms with Gasteiger partial charge in [-0.2, -0.15) is 13.2 Å². The van der Waals surface area contributed by atoms with E-state index in [2.05, 4.69) is 10.3 Å². The van der Waals surface area contributed by atoms with Crippen LogP contribution < -0.4 is 10.1 Å². The summed E-state index contributed by atoms with van der Waals surface area (Å²) in [7, 11) is 0. The number of alkyl halides is 3. The van der Waals surface area contributed by atoms with E-state index in [0.717, 1.165) is 16.7 Å². The number of hydrogen-bond donors (Lipinski definition) is 2.